The van der Waals surface area contributed by atoms with Crippen LogP contribution in [-0.2, 0) is 4.79 Å². The lowest BCUT2D eigenvalue weighted by molar-refractivity contribution is -0.116. The smallest absolute Gasteiger partial charge is 0.251 e. The first kappa shape index (κ1) is 16.1. The number of fused-ring (bicyclic) bond motifs is 1. The zero-order valence-electron chi connectivity index (χ0n) is 13.2. The Hall–Kier alpha value is -2.73. The number of hydrogen-bond donors (Lipinski definition) is 2. The fraction of sp³-hybridized carbons (Fsp3) is 0.167. The second-order valence-electron chi connectivity index (χ2n) is 5.34. The fourth-order valence-corrected chi connectivity index (χ4v) is 3.19. The largest absolute Gasteiger partial charge is 0.352 e. The number of rotatable bonds is 5. The van der Waals surface area contributed by atoms with Gasteiger partial charge in [-0.15, -0.1) is 11.3 Å². The number of benzene rings is 2. The van der Waals surface area contributed by atoms with Gasteiger partial charge in [-0.2, -0.15) is 0 Å². The van der Waals surface area contributed by atoms with Crippen LogP contribution in [-0.4, -0.2) is 23.3 Å². The van der Waals surface area contributed by atoms with Crippen molar-refractivity contribution in [1.29, 1.82) is 0 Å². The summed E-state index contributed by atoms with van der Waals surface area (Å²) in [6.07, 6.45) is 0.221. The minimum Gasteiger partial charge on any atom is -0.352 e. The van der Waals surface area contributed by atoms with Gasteiger partial charge in [0.05, 0.1) is 15.2 Å². The van der Waals surface area contributed by atoms with Gasteiger partial charge in [0.25, 0.3) is 5.91 Å². The second-order valence-corrected chi connectivity index (χ2v) is 6.57. The molecule has 0 saturated heterocycles. The van der Waals surface area contributed by atoms with Crippen molar-refractivity contribution in [2.75, 3.05) is 11.9 Å². The monoisotopic (exact) mass is 339 g/mol. The maximum atomic E-state index is 12.0. The Balaban J connectivity index is 1.50. The van der Waals surface area contributed by atoms with E-state index < -0.39 is 0 Å². The molecule has 2 aromatic carbocycles. The highest BCUT2D eigenvalue weighted by Crippen LogP contribution is 2.24. The summed E-state index contributed by atoms with van der Waals surface area (Å²) in [5, 5.41) is 6.58. The highest BCUT2D eigenvalue weighted by molar-refractivity contribution is 7.18. The van der Waals surface area contributed by atoms with Gasteiger partial charge in [-0.25, -0.2) is 4.98 Å². The highest BCUT2D eigenvalue weighted by atomic mass is 32.1. The van der Waals surface area contributed by atoms with Crippen molar-refractivity contribution in [3.63, 3.8) is 0 Å². The molecule has 0 aliphatic heterocycles. The van der Waals surface area contributed by atoms with Crippen LogP contribution in [0.2, 0.25) is 0 Å². The van der Waals surface area contributed by atoms with Crippen LogP contribution >= 0.6 is 11.3 Å². The maximum Gasteiger partial charge on any atom is 0.251 e. The van der Waals surface area contributed by atoms with Crippen LogP contribution in [0.4, 0.5) is 5.69 Å². The number of nitrogens with zero attached hydrogens (tertiary/aromatic N) is 1. The second kappa shape index (κ2) is 7.23. The van der Waals surface area contributed by atoms with Crippen molar-refractivity contribution in [1.82, 2.24) is 10.3 Å². The van der Waals surface area contributed by atoms with E-state index in [1.54, 1.807) is 35.6 Å². The molecule has 0 atom stereocenters. The number of thiazole rings is 1. The van der Waals surface area contributed by atoms with Crippen LogP contribution in [0.5, 0.6) is 0 Å². The molecule has 5 nitrogen and oxygen atoms in total. The first-order chi connectivity index (χ1) is 11.6. The standard InChI is InChI=1S/C18H17N3O2S/c1-12-20-15-8-7-14(11-16(15)24-12)21-17(22)9-10-19-18(23)13-5-3-2-4-6-13/h2-8,11H,9-10H2,1H3,(H,19,23)(H,21,22). The average Bonchev–Trinajstić information content (AvgIpc) is 2.95. The van der Waals surface area contributed by atoms with E-state index in [9.17, 15) is 9.59 Å². The Morgan fingerprint density at radius 3 is 2.71 bits per heavy atom. The number of carbonyl (C=O) groups is 2. The predicted octanol–water partition coefficient (Wildman–Crippen LogP) is 3.36. The van der Waals surface area contributed by atoms with Gasteiger partial charge in [0.2, 0.25) is 5.91 Å². The van der Waals surface area contributed by atoms with Gasteiger partial charge >= 0.3 is 0 Å². The topological polar surface area (TPSA) is 71.1 Å². The average molecular weight is 339 g/mol. The lowest BCUT2D eigenvalue weighted by Gasteiger charge is -2.07. The van der Waals surface area contributed by atoms with Gasteiger partial charge in [-0.3, -0.25) is 9.59 Å². The summed E-state index contributed by atoms with van der Waals surface area (Å²) < 4.78 is 1.04. The summed E-state index contributed by atoms with van der Waals surface area (Å²) in [6, 6.07) is 14.6. The van der Waals surface area contributed by atoms with Gasteiger partial charge in [0, 0.05) is 24.2 Å². The Morgan fingerprint density at radius 1 is 1.12 bits per heavy atom. The SMILES string of the molecule is Cc1nc2ccc(NC(=O)CCNC(=O)c3ccccc3)cc2s1. The molecule has 6 heteroatoms. The molecule has 0 unspecified atom stereocenters. The number of anilines is 1. The predicted molar refractivity (Wildman–Crippen MR) is 96.4 cm³/mol. The minimum absolute atomic E-state index is 0.135. The van der Waals surface area contributed by atoms with Crippen molar-refractivity contribution in [2.24, 2.45) is 0 Å². The molecule has 0 aliphatic rings. The minimum atomic E-state index is -0.176. The Bertz CT molecular complexity index is 874. The van der Waals surface area contributed by atoms with Crippen molar-refractivity contribution < 1.29 is 9.59 Å². The quantitative estimate of drug-likeness (QED) is 0.749. The van der Waals surface area contributed by atoms with E-state index in [4.69, 9.17) is 0 Å². The fourth-order valence-electron chi connectivity index (χ4n) is 2.32. The number of aromatic nitrogens is 1. The molecule has 0 radical (unpaired) electrons. The summed E-state index contributed by atoms with van der Waals surface area (Å²) in [5.41, 5.74) is 2.26. The lowest BCUT2D eigenvalue weighted by atomic mass is 10.2. The molecule has 2 amide bonds. The molecule has 0 fully saturated rings. The first-order valence-corrected chi connectivity index (χ1v) is 8.44. The summed E-state index contributed by atoms with van der Waals surface area (Å²) >= 11 is 1.59. The van der Waals surface area contributed by atoms with Gasteiger partial charge in [0.1, 0.15) is 0 Å². The summed E-state index contributed by atoms with van der Waals surface area (Å²) in [6.45, 7) is 2.25. The van der Waals surface area contributed by atoms with Gasteiger partial charge in [0.15, 0.2) is 0 Å². The molecule has 0 saturated carbocycles. The molecule has 3 rings (SSSR count). The number of nitrogens with one attached hydrogen (secondary N) is 2. The third kappa shape index (κ3) is 3.97. The van der Waals surface area contributed by atoms with Crippen molar-refractivity contribution in [2.45, 2.75) is 13.3 Å². The van der Waals surface area contributed by atoms with E-state index in [0.29, 0.717) is 12.1 Å². The Kier molecular flexibility index (Phi) is 4.86. The van der Waals surface area contributed by atoms with Crippen molar-refractivity contribution >= 4 is 39.1 Å². The summed E-state index contributed by atoms with van der Waals surface area (Å²) in [5.74, 6) is -0.311. The van der Waals surface area contributed by atoms with Gasteiger partial charge in [-0.1, -0.05) is 18.2 Å². The zero-order valence-corrected chi connectivity index (χ0v) is 14.0. The molecule has 0 spiro atoms. The number of hydrogen-bond acceptors (Lipinski definition) is 4. The Morgan fingerprint density at radius 2 is 1.92 bits per heavy atom. The number of carbonyl (C=O) groups excluding carboxylic acids is 2. The molecule has 3 aromatic rings. The van der Waals surface area contributed by atoms with E-state index in [1.807, 2.05) is 31.2 Å². The number of aryl methyl sites for hydroxylation is 1. The normalized spacial score (nSPS) is 10.5. The molecule has 1 heterocycles. The van der Waals surface area contributed by atoms with Gasteiger partial charge in [-0.05, 0) is 37.3 Å². The first-order valence-electron chi connectivity index (χ1n) is 7.62. The van der Waals surface area contributed by atoms with Crippen molar-refractivity contribution in [3.8, 4) is 0 Å². The van der Waals surface area contributed by atoms with Crippen LogP contribution in [0.15, 0.2) is 48.5 Å². The van der Waals surface area contributed by atoms with E-state index in [-0.39, 0.29) is 18.2 Å². The van der Waals surface area contributed by atoms with Crippen LogP contribution in [0.25, 0.3) is 10.2 Å². The van der Waals surface area contributed by atoms with Crippen LogP contribution in [0.3, 0.4) is 0 Å². The molecular weight excluding hydrogens is 322 g/mol. The molecule has 1 aromatic heterocycles. The molecule has 24 heavy (non-hydrogen) atoms. The van der Waals surface area contributed by atoms with Gasteiger partial charge < -0.3 is 10.6 Å². The van der Waals surface area contributed by atoms with E-state index in [0.717, 1.165) is 20.9 Å². The van der Waals surface area contributed by atoms with Crippen LogP contribution < -0.4 is 10.6 Å². The van der Waals surface area contributed by atoms with E-state index in [1.165, 1.54) is 0 Å². The van der Waals surface area contributed by atoms with Crippen LogP contribution in [0.1, 0.15) is 21.8 Å². The van der Waals surface area contributed by atoms with E-state index >= 15 is 0 Å². The maximum absolute atomic E-state index is 12.0. The highest BCUT2D eigenvalue weighted by Gasteiger charge is 2.07. The zero-order chi connectivity index (χ0) is 16.9. The van der Waals surface area contributed by atoms with Crippen molar-refractivity contribution in [3.05, 3.63) is 59.1 Å². The lowest BCUT2D eigenvalue weighted by Crippen LogP contribution is -2.27. The van der Waals surface area contributed by atoms with Crippen LogP contribution in [0, 0.1) is 6.92 Å². The molecule has 2 N–H and O–H groups in total. The molecular formula is C18H17N3O2S. The molecule has 0 bridgehead atoms. The number of amides is 2. The summed E-state index contributed by atoms with van der Waals surface area (Å²) in [7, 11) is 0. The molecule has 0 aliphatic carbocycles. The third-order valence-electron chi connectivity index (χ3n) is 3.45. The summed E-state index contributed by atoms with van der Waals surface area (Å²) in [4.78, 5) is 28.3. The third-order valence-corrected chi connectivity index (χ3v) is 4.39. The Labute approximate surface area is 143 Å². The molecule has 122 valence electrons. The van der Waals surface area contributed by atoms with E-state index in [2.05, 4.69) is 15.6 Å².